The van der Waals surface area contributed by atoms with Crippen LogP contribution in [0.1, 0.15) is 5.56 Å². The maximum atomic E-state index is 5.97. The van der Waals surface area contributed by atoms with Crippen LogP contribution in [0.15, 0.2) is 49.1 Å². The van der Waals surface area contributed by atoms with Crippen molar-refractivity contribution in [2.75, 3.05) is 12.8 Å². The van der Waals surface area contributed by atoms with Crippen LogP contribution in [0.25, 0.3) is 16.9 Å². The zero-order valence-electron chi connectivity index (χ0n) is 11.9. The first-order valence-corrected chi connectivity index (χ1v) is 6.59. The predicted molar refractivity (Wildman–Crippen MR) is 82.5 cm³/mol. The minimum absolute atomic E-state index is 0.491. The Hall–Kier alpha value is -2.82. The lowest BCUT2D eigenvalue weighted by molar-refractivity contribution is 0.414. The Balaban J connectivity index is 2.14. The van der Waals surface area contributed by atoms with Gasteiger partial charge in [-0.15, -0.1) is 0 Å². The topological polar surface area (TPSA) is 66.0 Å². The summed E-state index contributed by atoms with van der Waals surface area (Å²) >= 11 is 0. The molecule has 5 heteroatoms. The smallest absolute Gasteiger partial charge is 0.132 e. The summed E-state index contributed by atoms with van der Waals surface area (Å²) in [6.45, 7) is 2.04. The standard InChI is InChI=1S/C16H16N4O/c1-11-8-12(21-2)5-6-14(11)20-10-18-9-15(20)13-4-3-7-19-16(13)17/h3-10H,1-2H3,(H2,17,19). The number of nitrogens with zero attached hydrogens (tertiary/aromatic N) is 3. The van der Waals surface area contributed by atoms with Crippen LogP contribution < -0.4 is 10.5 Å². The molecule has 0 atom stereocenters. The molecule has 2 N–H and O–H groups in total. The molecule has 0 saturated carbocycles. The fraction of sp³-hybridized carbons (Fsp3) is 0.125. The third-order valence-corrected chi connectivity index (χ3v) is 3.42. The number of nitrogens with two attached hydrogens (primary N) is 1. The number of pyridine rings is 1. The summed E-state index contributed by atoms with van der Waals surface area (Å²) < 4.78 is 7.25. The van der Waals surface area contributed by atoms with Gasteiger partial charge in [-0.3, -0.25) is 4.57 Å². The molecule has 1 aromatic carbocycles. The Morgan fingerprint density at radius 3 is 2.81 bits per heavy atom. The first-order chi connectivity index (χ1) is 10.2. The highest BCUT2D eigenvalue weighted by Crippen LogP contribution is 2.28. The van der Waals surface area contributed by atoms with E-state index in [-0.39, 0.29) is 0 Å². The minimum Gasteiger partial charge on any atom is -0.497 e. The van der Waals surface area contributed by atoms with Crippen LogP contribution in [0.4, 0.5) is 5.82 Å². The van der Waals surface area contributed by atoms with Gasteiger partial charge in [-0.2, -0.15) is 0 Å². The second-order valence-electron chi connectivity index (χ2n) is 4.74. The maximum Gasteiger partial charge on any atom is 0.132 e. The van der Waals surface area contributed by atoms with Gasteiger partial charge in [0.15, 0.2) is 0 Å². The van der Waals surface area contributed by atoms with Crippen LogP contribution in [0, 0.1) is 6.92 Å². The zero-order chi connectivity index (χ0) is 14.8. The summed E-state index contributed by atoms with van der Waals surface area (Å²) in [5.41, 5.74) is 9.87. The fourth-order valence-corrected chi connectivity index (χ4v) is 2.35. The molecule has 2 heterocycles. The van der Waals surface area contributed by atoms with Gasteiger partial charge in [0.25, 0.3) is 0 Å². The monoisotopic (exact) mass is 280 g/mol. The third-order valence-electron chi connectivity index (χ3n) is 3.42. The molecule has 0 bridgehead atoms. The van der Waals surface area contributed by atoms with Crippen molar-refractivity contribution >= 4 is 5.82 Å². The zero-order valence-corrected chi connectivity index (χ0v) is 11.9. The summed E-state index contributed by atoms with van der Waals surface area (Å²) in [6.07, 6.45) is 5.24. The molecule has 0 aliphatic carbocycles. The summed E-state index contributed by atoms with van der Waals surface area (Å²) in [5.74, 6) is 1.32. The molecule has 5 nitrogen and oxygen atoms in total. The number of hydrogen-bond donors (Lipinski definition) is 1. The highest BCUT2D eigenvalue weighted by Gasteiger charge is 2.12. The SMILES string of the molecule is COc1ccc(-n2cncc2-c2cccnc2N)c(C)c1. The van der Waals surface area contributed by atoms with E-state index in [1.807, 2.05) is 41.8 Å². The molecule has 0 fully saturated rings. The molecule has 106 valence electrons. The van der Waals surface area contributed by atoms with E-state index >= 15 is 0 Å². The Labute approximate surface area is 123 Å². The number of benzene rings is 1. The summed E-state index contributed by atoms with van der Waals surface area (Å²) in [7, 11) is 1.66. The normalized spacial score (nSPS) is 10.6. The third kappa shape index (κ3) is 2.33. The number of methoxy groups -OCH3 is 1. The largest absolute Gasteiger partial charge is 0.497 e. The number of aryl methyl sites for hydroxylation is 1. The van der Waals surface area contributed by atoms with Crippen LogP contribution in [0.5, 0.6) is 5.75 Å². The molecule has 0 unspecified atom stereocenters. The Morgan fingerprint density at radius 2 is 2.10 bits per heavy atom. The van der Waals surface area contributed by atoms with Gasteiger partial charge in [-0.05, 0) is 42.8 Å². The lowest BCUT2D eigenvalue weighted by atomic mass is 10.1. The molecule has 0 amide bonds. The van der Waals surface area contributed by atoms with Crippen LogP contribution >= 0.6 is 0 Å². The number of nitrogen functional groups attached to an aromatic ring is 1. The Kier molecular flexibility index (Phi) is 3.31. The molecular formula is C16H16N4O. The number of ether oxygens (including phenoxy) is 1. The Bertz CT molecular complexity index is 779. The van der Waals surface area contributed by atoms with Crippen molar-refractivity contribution in [1.29, 1.82) is 0 Å². The van der Waals surface area contributed by atoms with Gasteiger partial charge in [-0.25, -0.2) is 9.97 Å². The summed E-state index contributed by atoms with van der Waals surface area (Å²) in [4.78, 5) is 8.38. The molecular weight excluding hydrogens is 264 g/mol. The van der Waals surface area contributed by atoms with E-state index < -0.39 is 0 Å². The quantitative estimate of drug-likeness (QED) is 0.801. The van der Waals surface area contributed by atoms with Crippen LogP contribution in [0.3, 0.4) is 0 Å². The number of rotatable bonds is 3. The lowest BCUT2D eigenvalue weighted by Crippen LogP contribution is -2.01. The van der Waals surface area contributed by atoms with E-state index in [0.717, 1.165) is 28.3 Å². The van der Waals surface area contributed by atoms with Crippen molar-refractivity contribution in [3.05, 3.63) is 54.6 Å². The first kappa shape index (κ1) is 13.2. The Morgan fingerprint density at radius 1 is 1.24 bits per heavy atom. The number of hydrogen-bond acceptors (Lipinski definition) is 4. The van der Waals surface area contributed by atoms with E-state index in [9.17, 15) is 0 Å². The van der Waals surface area contributed by atoms with Gasteiger partial charge in [-0.1, -0.05) is 0 Å². The molecule has 2 aromatic heterocycles. The molecule has 3 rings (SSSR count). The van der Waals surface area contributed by atoms with Gasteiger partial charge in [0, 0.05) is 11.8 Å². The van der Waals surface area contributed by atoms with E-state index in [4.69, 9.17) is 10.5 Å². The average Bonchev–Trinajstić information content (AvgIpc) is 2.96. The maximum absolute atomic E-state index is 5.97. The van der Waals surface area contributed by atoms with Crippen molar-refractivity contribution in [3.8, 4) is 22.7 Å². The van der Waals surface area contributed by atoms with Crippen molar-refractivity contribution in [3.63, 3.8) is 0 Å². The van der Waals surface area contributed by atoms with E-state index in [0.29, 0.717) is 5.82 Å². The summed E-state index contributed by atoms with van der Waals surface area (Å²) in [6, 6.07) is 9.73. The molecule has 3 aromatic rings. The number of aromatic nitrogens is 3. The van der Waals surface area contributed by atoms with Gasteiger partial charge in [0.2, 0.25) is 0 Å². The predicted octanol–water partition coefficient (Wildman–Crippen LogP) is 2.83. The highest BCUT2D eigenvalue weighted by atomic mass is 16.5. The number of anilines is 1. The van der Waals surface area contributed by atoms with Crippen molar-refractivity contribution in [2.24, 2.45) is 0 Å². The van der Waals surface area contributed by atoms with E-state index in [1.54, 1.807) is 25.8 Å². The average molecular weight is 280 g/mol. The first-order valence-electron chi connectivity index (χ1n) is 6.59. The lowest BCUT2D eigenvalue weighted by Gasteiger charge is -2.13. The highest BCUT2D eigenvalue weighted by molar-refractivity contribution is 5.72. The van der Waals surface area contributed by atoms with E-state index in [2.05, 4.69) is 9.97 Å². The van der Waals surface area contributed by atoms with Gasteiger partial charge in [0.05, 0.1) is 31.0 Å². The van der Waals surface area contributed by atoms with Gasteiger partial charge < -0.3 is 10.5 Å². The molecule has 0 aliphatic rings. The fourth-order valence-electron chi connectivity index (χ4n) is 2.35. The second kappa shape index (κ2) is 5.28. The van der Waals surface area contributed by atoms with Crippen molar-refractivity contribution < 1.29 is 4.74 Å². The molecule has 0 aliphatic heterocycles. The van der Waals surface area contributed by atoms with Crippen LogP contribution in [-0.4, -0.2) is 21.6 Å². The van der Waals surface area contributed by atoms with Crippen LogP contribution in [0.2, 0.25) is 0 Å². The van der Waals surface area contributed by atoms with Crippen LogP contribution in [-0.2, 0) is 0 Å². The van der Waals surface area contributed by atoms with Gasteiger partial charge >= 0.3 is 0 Å². The number of imidazole rings is 1. The van der Waals surface area contributed by atoms with Crippen molar-refractivity contribution in [1.82, 2.24) is 14.5 Å². The molecule has 0 saturated heterocycles. The molecule has 0 spiro atoms. The van der Waals surface area contributed by atoms with E-state index in [1.165, 1.54) is 0 Å². The second-order valence-corrected chi connectivity index (χ2v) is 4.74. The summed E-state index contributed by atoms with van der Waals surface area (Å²) in [5, 5.41) is 0. The molecule has 0 radical (unpaired) electrons. The van der Waals surface area contributed by atoms with Gasteiger partial charge in [0.1, 0.15) is 11.6 Å². The van der Waals surface area contributed by atoms with Crippen molar-refractivity contribution in [2.45, 2.75) is 6.92 Å². The minimum atomic E-state index is 0.491. The molecule has 21 heavy (non-hydrogen) atoms.